The highest BCUT2D eigenvalue weighted by molar-refractivity contribution is 5.92. The number of piperazine rings is 1. The minimum absolute atomic E-state index is 0.0581. The molecule has 6 nitrogen and oxygen atoms in total. The smallest absolute Gasteiger partial charge is 0.227 e. The minimum atomic E-state index is 0.0581. The highest BCUT2D eigenvalue weighted by Crippen LogP contribution is 2.29. The Morgan fingerprint density at radius 2 is 1.75 bits per heavy atom. The average molecular weight is 383 g/mol. The van der Waals surface area contributed by atoms with Crippen LogP contribution >= 0.6 is 0 Å². The van der Waals surface area contributed by atoms with Gasteiger partial charge in [0.25, 0.3) is 0 Å². The van der Waals surface area contributed by atoms with E-state index >= 15 is 0 Å². The summed E-state index contributed by atoms with van der Waals surface area (Å²) in [5, 5.41) is 2.97. The molecular weight excluding hydrogens is 352 g/mol. The molecule has 0 atom stereocenters. The molecular formula is C22H30N4O2. The third-order valence-electron chi connectivity index (χ3n) is 5.40. The number of benzene rings is 1. The van der Waals surface area contributed by atoms with Gasteiger partial charge in [0.15, 0.2) is 0 Å². The SMILES string of the molecule is CCC(CC)C(=O)Nc1ccc(N2CCN(c3ccccc3OC)CC2)nc1. The molecule has 2 aromatic rings. The number of nitrogens with zero attached hydrogens (tertiary/aromatic N) is 3. The third-order valence-corrected chi connectivity index (χ3v) is 5.40. The standard InChI is InChI=1S/C22H30N4O2/c1-4-17(5-2)22(27)24-18-10-11-21(23-16-18)26-14-12-25(13-15-26)19-8-6-7-9-20(19)28-3/h6-11,16-17H,4-5,12-15H2,1-3H3,(H,24,27). The van der Waals surface area contributed by atoms with Crippen LogP contribution in [0.4, 0.5) is 17.2 Å². The Labute approximate surface area is 167 Å². The predicted octanol–water partition coefficient (Wildman–Crippen LogP) is 3.79. The van der Waals surface area contributed by atoms with E-state index in [1.807, 2.05) is 44.2 Å². The van der Waals surface area contributed by atoms with Gasteiger partial charge in [-0.15, -0.1) is 0 Å². The highest BCUT2D eigenvalue weighted by atomic mass is 16.5. The van der Waals surface area contributed by atoms with Crippen LogP contribution in [0.5, 0.6) is 5.75 Å². The van der Waals surface area contributed by atoms with E-state index in [0.717, 1.165) is 62.0 Å². The second-order valence-electron chi connectivity index (χ2n) is 7.05. The molecule has 0 bridgehead atoms. The summed E-state index contributed by atoms with van der Waals surface area (Å²) in [6.45, 7) is 7.69. The van der Waals surface area contributed by atoms with Crippen molar-refractivity contribution >= 4 is 23.1 Å². The van der Waals surface area contributed by atoms with Gasteiger partial charge in [0.05, 0.1) is 24.7 Å². The number of hydrogen-bond acceptors (Lipinski definition) is 5. The van der Waals surface area contributed by atoms with Crippen LogP contribution in [0.1, 0.15) is 26.7 Å². The van der Waals surface area contributed by atoms with Crippen LogP contribution in [0.15, 0.2) is 42.6 Å². The Bertz CT molecular complexity index is 766. The summed E-state index contributed by atoms with van der Waals surface area (Å²) in [5.41, 5.74) is 1.89. The molecule has 1 aromatic heterocycles. The molecule has 3 rings (SSSR count). The summed E-state index contributed by atoms with van der Waals surface area (Å²) >= 11 is 0. The van der Waals surface area contributed by atoms with E-state index in [2.05, 4.69) is 26.2 Å². The first kappa shape index (κ1) is 20.0. The average Bonchev–Trinajstić information content (AvgIpc) is 2.75. The Kier molecular flexibility index (Phi) is 6.74. The fourth-order valence-electron chi connectivity index (χ4n) is 3.62. The van der Waals surface area contributed by atoms with Crippen LogP contribution in [-0.2, 0) is 4.79 Å². The number of amides is 1. The summed E-state index contributed by atoms with van der Waals surface area (Å²) in [7, 11) is 1.71. The molecule has 0 spiro atoms. The van der Waals surface area contributed by atoms with Crippen molar-refractivity contribution in [1.29, 1.82) is 0 Å². The predicted molar refractivity (Wildman–Crippen MR) is 114 cm³/mol. The Morgan fingerprint density at radius 1 is 1.07 bits per heavy atom. The Morgan fingerprint density at radius 3 is 2.36 bits per heavy atom. The number of pyridine rings is 1. The molecule has 1 amide bonds. The number of rotatable bonds is 7. The molecule has 1 N–H and O–H groups in total. The van der Waals surface area contributed by atoms with Gasteiger partial charge in [-0.2, -0.15) is 0 Å². The molecule has 0 saturated carbocycles. The lowest BCUT2D eigenvalue weighted by Gasteiger charge is -2.37. The maximum Gasteiger partial charge on any atom is 0.227 e. The van der Waals surface area contributed by atoms with Gasteiger partial charge in [0, 0.05) is 32.1 Å². The van der Waals surface area contributed by atoms with Crippen molar-refractivity contribution in [2.24, 2.45) is 5.92 Å². The first-order chi connectivity index (χ1) is 13.7. The van der Waals surface area contributed by atoms with Crippen LogP contribution < -0.4 is 19.9 Å². The van der Waals surface area contributed by atoms with Gasteiger partial charge in [0.1, 0.15) is 11.6 Å². The van der Waals surface area contributed by atoms with E-state index in [1.54, 1.807) is 13.3 Å². The second-order valence-corrected chi connectivity index (χ2v) is 7.05. The summed E-state index contributed by atoms with van der Waals surface area (Å²) in [6, 6.07) is 12.1. The van der Waals surface area contributed by atoms with E-state index in [4.69, 9.17) is 4.74 Å². The van der Waals surface area contributed by atoms with E-state index in [9.17, 15) is 4.79 Å². The molecule has 1 aromatic carbocycles. The van der Waals surface area contributed by atoms with Crippen molar-refractivity contribution in [1.82, 2.24) is 4.98 Å². The zero-order valence-corrected chi connectivity index (χ0v) is 17.0. The highest BCUT2D eigenvalue weighted by Gasteiger charge is 2.20. The van der Waals surface area contributed by atoms with Crippen molar-refractivity contribution in [2.75, 3.05) is 48.4 Å². The van der Waals surface area contributed by atoms with E-state index in [0.29, 0.717) is 0 Å². The normalized spacial score (nSPS) is 14.3. The van der Waals surface area contributed by atoms with Crippen molar-refractivity contribution in [3.05, 3.63) is 42.6 Å². The number of anilines is 3. The van der Waals surface area contributed by atoms with Crippen molar-refractivity contribution in [3.63, 3.8) is 0 Å². The van der Waals surface area contributed by atoms with Crippen LogP contribution in [0.3, 0.4) is 0 Å². The maximum absolute atomic E-state index is 12.2. The zero-order chi connectivity index (χ0) is 19.9. The van der Waals surface area contributed by atoms with Gasteiger partial charge < -0.3 is 19.9 Å². The molecule has 1 saturated heterocycles. The molecule has 28 heavy (non-hydrogen) atoms. The fourth-order valence-corrected chi connectivity index (χ4v) is 3.62. The number of para-hydroxylation sites is 2. The maximum atomic E-state index is 12.2. The Hall–Kier alpha value is -2.76. The van der Waals surface area contributed by atoms with Gasteiger partial charge in [-0.25, -0.2) is 4.98 Å². The van der Waals surface area contributed by atoms with E-state index < -0.39 is 0 Å². The number of ether oxygens (including phenoxy) is 1. The molecule has 1 aliphatic heterocycles. The topological polar surface area (TPSA) is 57.7 Å². The Balaban J connectivity index is 1.58. The summed E-state index contributed by atoms with van der Waals surface area (Å²) < 4.78 is 5.49. The lowest BCUT2D eigenvalue weighted by molar-refractivity contribution is -0.120. The van der Waals surface area contributed by atoms with Crippen LogP contribution in [0.2, 0.25) is 0 Å². The van der Waals surface area contributed by atoms with E-state index in [-0.39, 0.29) is 11.8 Å². The van der Waals surface area contributed by atoms with Crippen molar-refractivity contribution in [3.8, 4) is 5.75 Å². The lowest BCUT2D eigenvalue weighted by atomic mass is 10.0. The van der Waals surface area contributed by atoms with Gasteiger partial charge in [0.2, 0.25) is 5.91 Å². The molecule has 6 heteroatoms. The van der Waals surface area contributed by atoms with Crippen LogP contribution in [0, 0.1) is 5.92 Å². The summed E-state index contributed by atoms with van der Waals surface area (Å²) in [6.07, 6.45) is 3.46. The molecule has 150 valence electrons. The van der Waals surface area contributed by atoms with Crippen LogP contribution in [-0.4, -0.2) is 44.2 Å². The monoisotopic (exact) mass is 382 g/mol. The third kappa shape index (κ3) is 4.55. The molecule has 1 aliphatic rings. The number of carbonyl (C=O) groups is 1. The first-order valence-corrected chi connectivity index (χ1v) is 10.1. The van der Waals surface area contributed by atoms with Gasteiger partial charge in [-0.05, 0) is 37.1 Å². The number of hydrogen-bond donors (Lipinski definition) is 1. The van der Waals surface area contributed by atoms with Gasteiger partial charge in [-0.3, -0.25) is 4.79 Å². The molecule has 0 aliphatic carbocycles. The largest absolute Gasteiger partial charge is 0.495 e. The number of methoxy groups -OCH3 is 1. The fraction of sp³-hybridized carbons (Fsp3) is 0.455. The number of carbonyl (C=O) groups excluding carboxylic acids is 1. The van der Waals surface area contributed by atoms with E-state index in [1.165, 1.54) is 0 Å². The van der Waals surface area contributed by atoms with Crippen LogP contribution in [0.25, 0.3) is 0 Å². The van der Waals surface area contributed by atoms with Gasteiger partial charge >= 0.3 is 0 Å². The molecule has 0 radical (unpaired) electrons. The minimum Gasteiger partial charge on any atom is -0.495 e. The molecule has 1 fully saturated rings. The number of nitrogens with one attached hydrogen (secondary N) is 1. The number of aromatic nitrogens is 1. The van der Waals surface area contributed by atoms with Crippen molar-refractivity contribution < 1.29 is 9.53 Å². The summed E-state index contributed by atoms with van der Waals surface area (Å²) in [5.74, 6) is 1.99. The lowest BCUT2D eigenvalue weighted by Crippen LogP contribution is -2.46. The summed E-state index contributed by atoms with van der Waals surface area (Å²) in [4.78, 5) is 21.4. The first-order valence-electron chi connectivity index (χ1n) is 10.1. The zero-order valence-electron chi connectivity index (χ0n) is 17.0. The van der Waals surface area contributed by atoms with Gasteiger partial charge in [-0.1, -0.05) is 26.0 Å². The molecule has 0 unspecified atom stereocenters. The second kappa shape index (κ2) is 9.44. The molecule has 2 heterocycles. The quantitative estimate of drug-likeness (QED) is 0.789. The van der Waals surface area contributed by atoms with Crippen molar-refractivity contribution in [2.45, 2.75) is 26.7 Å².